The van der Waals surface area contributed by atoms with Crippen LogP contribution in [0.25, 0.3) is 11.0 Å². The van der Waals surface area contributed by atoms with E-state index in [9.17, 15) is 13.6 Å². The molecule has 0 aliphatic carbocycles. The van der Waals surface area contributed by atoms with Gasteiger partial charge in [-0.25, -0.2) is 13.8 Å². The van der Waals surface area contributed by atoms with Crippen molar-refractivity contribution < 1.29 is 18.3 Å². The number of hydrogen-bond acceptors (Lipinski definition) is 3. The zero-order chi connectivity index (χ0) is 14.8. The molecule has 1 aliphatic rings. The number of nitrogens with one attached hydrogen (secondary N) is 1. The van der Waals surface area contributed by atoms with Crippen LogP contribution in [0, 0.1) is 11.6 Å². The summed E-state index contributed by atoms with van der Waals surface area (Å²) in [5, 5.41) is 2.91. The number of halogens is 2. The minimum absolute atomic E-state index is 0.0267. The normalized spacial score (nSPS) is 16.3. The summed E-state index contributed by atoms with van der Waals surface area (Å²) in [5.41, 5.74) is 0.726. The summed E-state index contributed by atoms with van der Waals surface area (Å²) in [6.45, 7) is 1.31. The van der Waals surface area contributed by atoms with Crippen molar-refractivity contribution in [3.05, 3.63) is 30.1 Å². The molecule has 0 atom stereocenters. The first kappa shape index (κ1) is 13.9. The van der Waals surface area contributed by atoms with Gasteiger partial charge in [0.25, 0.3) is 0 Å². The summed E-state index contributed by atoms with van der Waals surface area (Å²) < 4.78 is 33.1. The van der Waals surface area contributed by atoms with Gasteiger partial charge in [0.05, 0.1) is 17.4 Å². The molecule has 0 bridgehead atoms. The van der Waals surface area contributed by atoms with E-state index in [0.717, 1.165) is 25.0 Å². The second-order valence-corrected chi connectivity index (χ2v) is 5.08. The summed E-state index contributed by atoms with van der Waals surface area (Å²) in [5.74, 6) is -2.07. The molecule has 2 heterocycles. The zero-order valence-electron chi connectivity index (χ0n) is 11.3. The third-order valence-corrected chi connectivity index (χ3v) is 3.56. The largest absolute Gasteiger partial charge is 0.381 e. The van der Waals surface area contributed by atoms with Crippen molar-refractivity contribution in [3.8, 4) is 0 Å². The van der Waals surface area contributed by atoms with Gasteiger partial charge in [0.15, 0.2) is 11.6 Å². The number of carbonyl (C=O) groups is 1. The van der Waals surface area contributed by atoms with Gasteiger partial charge >= 0.3 is 0 Å². The molecule has 3 rings (SSSR count). The van der Waals surface area contributed by atoms with E-state index in [2.05, 4.69) is 10.3 Å². The molecule has 5 nitrogen and oxygen atoms in total. The predicted octanol–water partition coefficient (Wildman–Crippen LogP) is 1.61. The lowest BCUT2D eigenvalue weighted by Gasteiger charge is -2.23. The average Bonchev–Trinajstić information content (AvgIpc) is 2.83. The van der Waals surface area contributed by atoms with Crippen LogP contribution in [0.2, 0.25) is 0 Å². The van der Waals surface area contributed by atoms with Gasteiger partial charge in [0, 0.05) is 31.4 Å². The lowest BCUT2D eigenvalue weighted by Crippen LogP contribution is -2.40. The van der Waals surface area contributed by atoms with E-state index in [1.54, 1.807) is 0 Å². The molecule has 1 aromatic heterocycles. The van der Waals surface area contributed by atoms with Gasteiger partial charge in [-0.3, -0.25) is 4.79 Å². The van der Waals surface area contributed by atoms with E-state index in [1.807, 2.05) is 0 Å². The van der Waals surface area contributed by atoms with Gasteiger partial charge < -0.3 is 14.6 Å². The van der Waals surface area contributed by atoms with Crippen LogP contribution in [-0.2, 0) is 16.1 Å². The van der Waals surface area contributed by atoms with Crippen LogP contribution >= 0.6 is 0 Å². The van der Waals surface area contributed by atoms with Crippen molar-refractivity contribution >= 4 is 16.9 Å². The summed E-state index contributed by atoms with van der Waals surface area (Å²) in [7, 11) is 0. The number of ether oxygens (including phenoxy) is 1. The molecule has 1 amide bonds. The molecule has 1 saturated heterocycles. The average molecular weight is 295 g/mol. The van der Waals surface area contributed by atoms with E-state index < -0.39 is 11.6 Å². The molecule has 0 spiro atoms. The van der Waals surface area contributed by atoms with Crippen molar-refractivity contribution in [3.63, 3.8) is 0 Å². The van der Waals surface area contributed by atoms with Crippen LogP contribution in [0.4, 0.5) is 8.78 Å². The summed E-state index contributed by atoms with van der Waals surface area (Å²) in [6.07, 6.45) is 2.99. The summed E-state index contributed by atoms with van der Waals surface area (Å²) in [6, 6.07) is 2.19. The molecular formula is C14H15F2N3O2. The van der Waals surface area contributed by atoms with Gasteiger partial charge in [-0.2, -0.15) is 0 Å². The van der Waals surface area contributed by atoms with Crippen LogP contribution in [-0.4, -0.2) is 34.7 Å². The van der Waals surface area contributed by atoms with Crippen molar-refractivity contribution in [1.82, 2.24) is 14.9 Å². The Labute approximate surface area is 119 Å². The van der Waals surface area contributed by atoms with Gasteiger partial charge in [0.2, 0.25) is 5.91 Å². The highest BCUT2D eigenvalue weighted by Crippen LogP contribution is 2.17. The van der Waals surface area contributed by atoms with Crippen molar-refractivity contribution in [2.45, 2.75) is 25.4 Å². The highest BCUT2D eigenvalue weighted by atomic mass is 19.2. The zero-order valence-corrected chi connectivity index (χ0v) is 11.3. The molecule has 0 radical (unpaired) electrons. The maximum Gasteiger partial charge on any atom is 0.240 e. The fourth-order valence-electron chi connectivity index (χ4n) is 2.45. The first-order valence-electron chi connectivity index (χ1n) is 6.80. The SMILES string of the molecule is O=C(Cn1cnc2cc(F)c(F)cc21)NC1CCOCC1. The lowest BCUT2D eigenvalue weighted by atomic mass is 10.1. The Kier molecular flexibility index (Phi) is 3.83. The number of fused-ring (bicyclic) bond motifs is 1. The Morgan fingerprint density at radius 1 is 1.33 bits per heavy atom. The summed E-state index contributed by atoms with van der Waals surface area (Å²) in [4.78, 5) is 16.0. The van der Waals surface area contributed by atoms with E-state index >= 15 is 0 Å². The minimum Gasteiger partial charge on any atom is -0.381 e. The first-order valence-corrected chi connectivity index (χ1v) is 6.80. The van der Waals surface area contributed by atoms with Gasteiger partial charge in [-0.15, -0.1) is 0 Å². The van der Waals surface area contributed by atoms with Gasteiger partial charge in [-0.1, -0.05) is 0 Å². The van der Waals surface area contributed by atoms with E-state index in [-0.39, 0.29) is 18.5 Å². The molecule has 1 N–H and O–H groups in total. The molecule has 7 heteroatoms. The Morgan fingerprint density at radius 3 is 2.81 bits per heavy atom. The van der Waals surface area contributed by atoms with Crippen LogP contribution < -0.4 is 5.32 Å². The number of imidazole rings is 1. The standard InChI is InChI=1S/C14H15F2N3O2/c15-10-5-12-13(6-11(10)16)19(8-17-12)7-14(20)18-9-1-3-21-4-2-9/h5-6,8-9H,1-4,7H2,(H,18,20). The number of carbonyl (C=O) groups excluding carboxylic acids is 1. The third-order valence-electron chi connectivity index (χ3n) is 3.56. The van der Waals surface area contributed by atoms with Crippen molar-refractivity contribution in [1.29, 1.82) is 0 Å². The van der Waals surface area contributed by atoms with Crippen LogP contribution in [0.5, 0.6) is 0 Å². The number of amides is 1. The Hall–Kier alpha value is -2.02. The number of aromatic nitrogens is 2. The highest BCUT2D eigenvalue weighted by molar-refractivity contribution is 5.80. The molecule has 0 unspecified atom stereocenters. The number of nitrogens with zero attached hydrogens (tertiary/aromatic N) is 2. The Morgan fingerprint density at radius 2 is 2.05 bits per heavy atom. The van der Waals surface area contributed by atoms with E-state index in [4.69, 9.17) is 4.74 Å². The highest BCUT2D eigenvalue weighted by Gasteiger charge is 2.17. The second-order valence-electron chi connectivity index (χ2n) is 5.08. The molecule has 1 fully saturated rings. The minimum atomic E-state index is -0.950. The van der Waals surface area contributed by atoms with Crippen molar-refractivity contribution in [2.24, 2.45) is 0 Å². The molecule has 0 saturated carbocycles. The van der Waals surface area contributed by atoms with Gasteiger partial charge in [0.1, 0.15) is 6.54 Å². The summed E-state index contributed by atoms with van der Waals surface area (Å²) >= 11 is 0. The maximum atomic E-state index is 13.3. The fraction of sp³-hybridized carbons (Fsp3) is 0.429. The molecule has 2 aromatic rings. The predicted molar refractivity (Wildman–Crippen MR) is 71.6 cm³/mol. The topological polar surface area (TPSA) is 56.2 Å². The monoisotopic (exact) mass is 295 g/mol. The number of benzene rings is 1. The van der Waals surface area contributed by atoms with Gasteiger partial charge in [-0.05, 0) is 12.8 Å². The molecule has 1 aliphatic heterocycles. The van der Waals surface area contributed by atoms with Crippen LogP contribution in [0.1, 0.15) is 12.8 Å². The van der Waals surface area contributed by atoms with Crippen LogP contribution in [0.15, 0.2) is 18.5 Å². The lowest BCUT2D eigenvalue weighted by molar-refractivity contribution is -0.122. The molecule has 21 heavy (non-hydrogen) atoms. The second kappa shape index (κ2) is 5.77. The van der Waals surface area contributed by atoms with Crippen LogP contribution in [0.3, 0.4) is 0 Å². The molecule has 1 aromatic carbocycles. The third kappa shape index (κ3) is 3.02. The van der Waals surface area contributed by atoms with E-state index in [0.29, 0.717) is 24.2 Å². The van der Waals surface area contributed by atoms with E-state index in [1.165, 1.54) is 10.9 Å². The number of rotatable bonds is 3. The first-order chi connectivity index (χ1) is 10.1. The Bertz CT molecular complexity index is 666. The molecular weight excluding hydrogens is 280 g/mol. The smallest absolute Gasteiger partial charge is 0.240 e. The van der Waals surface area contributed by atoms with Crippen molar-refractivity contribution in [2.75, 3.05) is 13.2 Å². The maximum absolute atomic E-state index is 13.3. The Balaban J connectivity index is 1.72. The fourth-order valence-corrected chi connectivity index (χ4v) is 2.45. The quantitative estimate of drug-likeness (QED) is 0.936. The molecule has 112 valence electrons. The number of hydrogen-bond donors (Lipinski definition) is 1.